The molecule has 1 aliphatic rings. The van der Waals surface area contributed by atoms with Crippen LogP contribution in [0.5, 0.6) is 0 Å². The Kier molecular flexibility index (Phi) is 9.49. The standard InChI is InChI=1S/C17H22N4O2S.2ClH/c18-10-16-19-14(12-24-16)17(23)21-8-6-20(7-9-21)11-15(22)13-4-2-1-3-5-13;;/h1-5,12,15,22H,6-11,18H2;2*1H. The van der Waals surface area contributed by atoms with E-state index in [4.69, 9.17) is 5.73 Å². The SMILES string of the molecule is Cl.Cl.NCc1nc(C(=O)N2CCN(CC(O)c3ccccc3)CC2)cs1. The van der Waals surface area contributed by atoms with Crippen molar-refractivity contribution in [2.75, 3.05) is 32.7 Å². The fourth-order valence-corrected chi connectivity index (χ4v) is 3.47. The maximum atomic E-state index is 12.4. The molecule has 1 amide bonds. The first kappa shape index (κ1) is 22.8. The van der Waals surface area contributed by atoms with E-state index in [2.05, 4.69) is 9.88 Å². The summed E-state index contributed by atoms with van der Waals surface area (Å²) in [6.07, 6.45) is -0.501. The Hall–Kier alpha value is -1.22. The van der Waals surface area contributed by atoms with E-state index in [1.807, 2.05) is 35.2 Å². The second kappa shape index (κ2) is 10.8. The fourth-order valence-electron chi connectivity index (χ4n) is 2.82. The van der Waals surface area contributed by atoms with Crippen LogP contribution in [0.2, 0.25) is 0 Å². The Morgan fingerprint density at radius 2 is 1.85 bits per heavy atom. The lowest BCUT2D eigenvalue weighted by atomic mass is 10.1. The number of carbonyl (C=O) groups is 1. The number of aliphatic hydroxyl groups is 1. The number of hydrogen-bond donors (Lipinski definition) is 2. The van der Waals surface area contributed by atoms with Crippen molar-refractivity contribution in [1.82, 2.24) is 14.8 Å². The maximum absolute atomic E-state index is 12.4. The predicted octanol–water partition coefficient (Wildman–Crippen LogP) is 1.94. The van der Waals surface area contributed by atoms with Crippen LogP contribution >= 0.6 is 36.2 Å². The van der Waals surface area contributed by atoms with E-state index in [1.54, 1.807) is 5.38 Å². The smallest absolute Gasteiger partial charge is 0.273 e. The van der Waals surface area contributed by atoms with Gasteiger partial charge in [-0.2, -0.15) is 0 Å². The zero-order valence-electron chi connectivity index (χ0n) is 14.3. The molecule has 2 aromatic rings. The van der Waals surface area contributed by atoms with E-state index in [-0.39, 0.29) is 30.7 Å². The number of piperazine rings is 1. The molecule has 6 nitrogen and oxygen atoms in total. The van der Waals surface area contributed by atoms with Gasteiger partial charge in [0.2, 0.25) is 0 Å². The minimum absolute atomic E-state index is 0. The molecule has 9 heteroatoms. The van der Waals surface area contributed by atoms with Gasteiger partial charge in [-0.05, 0) is 5.56 Å². The Morgan fingerprint density at radius 3 is 2.42 bits per heavy atom. The van der Waals surface area contributed by atoms with Crippen molar-refractivity contribution in [3.05, 3.63) is 52.0 Å². The van der Waals surface area contributed by atoms with Gasteiger partial charge in [-0.3, -0.25) is 9.69 Å². The average Bonchev–Trinajstić information content (AvgIpc) is 3.11. The Morgan fingerprint density at radius 1 is 1.19 bits per heavy atom. The van der Waals surface area contributed by atoms with Gasteiger partial charge in [-0.1, -0.05) is 30.3 Å². The second-order valence-corrected chi connectivity index (χ2v) is 6.79. The summed E-state index contributed by atoms with van der Waals surface area (Å²) < 4.78 is 0. The van der Waals surface area contributed by atoms with Gasteiger partial charge in [0.15, 0.2) is 0 Å². The van der Waals surface area contributed by atoms with Gasteiger partial charge in [0, 0.05) is 44.6 Å². The van der Waals surface area contributed by atoms with E-state index in [0.29, 0.717) is 31.9 Å². The highest BCUT2D eigenvalue weighted by Crippen LogP contribution is 2.16. The number of benzene rings is 1. The summed E-state index contributed by atoms with van der Waals surface area (Å²) in [6.45, 7) is 3.75. The number of hydrogen-bond acceptors (Lipinski definition) is 6. The number of amides is 1. The summed E-state index contributed by atoms with van der Waals surface area (Å²) in [5, 5.41) is 12.9. The first-order chi connectivity index (χ1) is 11.7. The molecule has 1 aromatic heterocycles. The molecule has 144 valence electrons. The summed E-state index contributed by atoms with van der Waals surface area (Å²) in [5.41, 5.74) is 6.96. The zero-order chi connectivity index (χ0) is 16.9. The van der Waals surface area contributed by atoms with Gasteiger partial charge in [-0.25, -0.2) is 4.98 Å². The van der Waals surface area contributed by atoms with Crippen LogP contribution in [-0.4, -0.2) is 58.5 Å². The van der Waals surface area contributed by atoms with Crippen molar-refractivity contribution in [3.8, 4) is 0 Å². The molecule has 26 heavy (non-hydrogen) atoms. The molecule has 0 saturated carbocycles. The van der Waals surface area contributed by atoms with Crippen LogP contribution in [-0.2, 0) is 6.54 Å². The van der Waals surface area contributed by atoms with Crippen LogP contribution < -0.4 is 5.73 Å². The average molecular weight is 419 g/mol. The summed E-state index contributed by atoms with van der Waals surface area (Å²) in [5.74, 6) is -0.0331. The molecule has 1 atom stereocenters. The van der Waals surface area contributed by atoms with E-state index >= 15 is 0 Å². The summed E-state index contributed by atoms with van der Waals surface area (Å²) in [6, 6.07) is 9.66. The number of nitrogens with two attached hydrogens (primary N) is 1. The number of thiazole rings is 1. The monoisotopic (exact) mass is 418 g/mol. The Balaban J connectivity index is 0.00000169. The number of carbonyl (C=O) groups excluding carboxylic acids is 1. The molecule has 0 radical (unpaired) electrons. The third kappa shape index (κ3) is 5.64. The minimum atomic E-state index is -0.501. The molecule has 1 saturated heterocycles. The fraction of sp³-hybridized carbons (Fsp3) is 0.412. The molecular weight excluding hydrogens is 395 g/mol. The third-order valence-corrected chi connectivity index (χ3v) is 5.09. The molecule has 3 N–H and O–H groups in total. The van der Waals surface area contributed by atoms with E-state index in [1.165, 1.54) is 11.3 Å². The molecule has 0 bridgehead atoms. The van der Waals surface area contributed by atoms with Crippen molar-refractivity contribution in [3.63, 3.8) is 0 Å². The van der Waals surface area contributed by atoms with Crippen LogP contribution in [0.4, 0.5) is 0 Å². The molecule has 0 spiro atoms. The van der Waals surface area contributed by atoms with Crippen molar-refractivity contribution < 1.29 is 9.90 Å². The molecule has 1 fully saturated rings. The third-order valence-electron chi connectivity index (χ3n) is 4.22. The van der Waals surface area contributed by atoms with E-state index < -0.39 is 6.10 Å². The van der Waals surface area contributed by atoms with Crippen LogP contribution in [0.15, 0.2) is 35.7 Å². The van der Waals surface area contributed by atoms with Gasteiger partial charge in [0.1, 0.15) is 10.7 Å². The summed E-state index contributed by atoms with van der Waals surface area (Å²) in [7, 11) is 0. The Bertz CT molecular complexity index is 678. The highest BCUT2D eigenvalue weighted by Gasteiger charge is 2.25. The second-order valence-electron chi connectivity index (χ2n) is 5.85. The topological polar surface area (TPSA) is 82.7 Å². The number of aromatic nitrogens is 1. The first-order valence-electron chi connectivity index (χ1n) is 8.06. The number of rotatable bonds is 5. The van der Waals surface area contributed by atoms with Gasteiger partial charge < -0.3 is 15.7 Å². The molecule has 2 heterocycles. The number of aliphatic hydroxyl groups excluding tert-OH is 1. The van der Waals surface area contributed by atoms with Gasteiger partial charge in [0.25, 0.3) is 5.91 Å². The van der Waals surface area contributed by atoms with Crippen LogP contribution in [0.25, 0.3) is 0 Å². The van der Waals surface area contributed by atoms with Crippen molar-refractivity contribution in [2.24, 2.45) is 5.73 Å². The molecule has 1 aromatic carbocycles. The van der Waals surface area contributed by atoms with Crippen LogP contribution in [0, 0.1) is 0 Å². The molecule has 1 aliphatic heterocycles. The number of β-amino-alcohol motifs (C(OH)–C–C–N with tert-alkyl or cyclic N) is 1. The number of halogens is 2. The van der Waals surface area contributed by atoms with Gasteiger partial charge in [-0.15, -0.1) is 36.2 Å². The van der Waals surface area contributed by atoms with Crippen LogP contribution in [0.1, 0.15) is 27.2 Å². The first-order valence-corrected chi connectivity index (χ1v) is 8.94. The highest BCUT2D eigenvalue weighted by atomic mass is 35.5. The molecule has 1 unspecified atom stereocenters. The Labute approximate surface area is 169 Å². The summed E-state index contributed by atoms with van der Waals surface area (Å²) in [4.78, 5) is 20.7. The maximum Gasteiger partial charge on any atom is 0.273 e. The summed E-state index contributed by atoms with van der Waals surface area (Å²) >= 11 is 1.42. The molecular formula is C17H24Cl2N4O2S. The van der Waals surface area contributed by atoms with Gasteiger partial charge in [0.05, 0.1) is 6.10 Å². The quantitative estimate of drug-likeness (QED) is 0.774. The predicted molar refractivity (Wildman–Crippen MR) is 108 cm³/mol. The van der Waals surface area contributed by atoms with Gasteiger partial charge >= 0.3 is 0 Å². The zero-order valence-corrected chi connectivity index (χ0v) is 16.7. The number of nitrogens with zero attached hydrogens (tertiary/aromatic N) is 3. The molecule has 0 aliphatic carbocycles. The lowest BCUT2D eigenvalue weighted by Gasteiger charge is -2.35. The molecule has 3 rings (SSSR count). The van der Waals surface area contributed by atoms with E-state index in [0.717, 1.165) is 23.7 Å². The van der Waals surface area contributed by atoms with Crippen molar-refractivity contribution in [1.29, 1.82) is 0 Å². The van der Waals surface area contributed by atoms with Crippen LogP contribution in [0.3, 0.4) is 0 Å². The normalized spacial score (nSPS) is 15.7. The lowest BCUT2D eigenvalue weighted by Crippen LogP contribution is -2.49. The largest absolute Gasteiger partial charge is 0.387 e. The minimum Gasteiger partial charge on any atom is -0.387 e. The van der Waals surface area contributed by atoms with E-state index in [9.17, 15) is 9.90 Å². The van der Waals surface area contributed by atoms with Crippen molar-refractivity contribution >= 4 is 42.1 Å². The highest BCUT2D eigenvalue weighted by molar-refractivity contribution is 7.09. The van der Waals surface area contributed by atoms with Crippen molar-refractivity contribution in [2.45, 2.75) is 12.6 Å². The lowest BCUT2D eigenvalue weighted by molar-refractivity contribution is 0.0523.